The van der Waals surface area contributed by atoms with E-state index in [1.807, 2.05) is 7.05 Å². The number of nitrogens with zero attached hydrogens (tertiary/aromatic N) is 1. The highest BCUT2D eigenvalue weighted by atomic mass is 32.1. The minimum atomic E-state index is 0.303. The number of hydrogen-bond donors (Lipinski definition) is 1. The summed E-state index contributed by atoms with van der Waals surface area (Å²) in [5.74, 6) is 0. The third kappa shape index (κ3) is 2.98. The van der Waals surface area contributed by atoms with Crippen molar-refractivity contribution in [3.63, 3.8) is 0 Å². The number of benzene rings is 1. The van der Waals surface area contributed by atoms with Crippen LogP contribution in [0, 0.1) is 20.8 Å². The van der Waals surface area contributed by atoms with Crippen molar-refractivity contribution in [2.75, 3.05) is 7.05 Å². The summed E-state index contributed by atoms with van der Waals surface area (Å²) < 4.78 is 0. The summed E-state index contributed by atoms with van der Waals surface area (Å²) in [7, 11) is 2.00. The van der Waals surface area contributed by atoms with Crippen LogP contribution >= 0.6 is 11.3 Å². The number of rotatable bonds is 4. The Bertz CT molecular complexity index is 531. The molecule has 3 heteroatoms. The lowest BCUT2D eigenvalue weighted by Crippen LogP contribution is -2.19. The van der Waals surface area contributed by atoms with Crippen LogP contribution in [0.4, 0.5) is 0 Å². The molecule has 0 bridgehead atoms. The van der Waals surface area contributed by atoms with Gasteiger partial charge in [0.25, 0.3) is 0 Å². The zero-order chi connectivity index (χ0) is 13.1. The van der Waals surface area contributed by atoms with E-state index in [9.17, 15) is 0 Å². The van der Waals surface area contributed by atoms with Gasteiger partial charge in [0.05, 0.1) is 16.7 Å². The van der Waals surface area contributed by atoms with Gasteiger partial charge in [-0.05, 0) is 50.9 Å². The molecule has 1 atom stereocenters. The number of aromatic nitrogens is 1. The van der Waals surface area contributed by atoms with Crippen LogP contribution < -0.4 is 5.32 Å². The average molecular weight is 260 g/mol. The van der Waals surface area contributed by atoms with Crippen molar-refractivity contribution >= 4 is 11.3 Å². The van der Waals surface area contributed by atoms with Crippen LogP contribution in [0.1, 0.15) is 33.4 Å². The van der Waals surface area contributed by atoms with Gasteiger partial charge in [-0.1, -0.05) is 18.2 Å². The molecule has 2 nitrogen and oxygen atoms in total. The van der Waals surface area contributed by atoms with Crippen molar-refractivity contribution in [3.05, 3.63) is 51.0 Å². The Morgan fingerprint density at radius 3 is 2.56 bits per heavy atom. The molecule has 0 aliphatic carbocycles. The van der Waals surface area contributed by atoms with Crippen molar-refractivity contribution in [1.29, 1.82) is 0 Å². The fraction of sp³-hybridized carbons (Fsp3) is 0.400. The predicted octanol–water partition coefficient (Wildman–Crippen LogP) is 3.57. The van der Waals surface area contributed by atoms with E-state index in [-0.39, 0.29) is 0 Å². The maximum Gasteiger partial charge on any atom is 0.0898 e. The molecule has 0 amide bonds. The molecule has 0 aliphatic heterocycles. The largest absolute Gasteiger partial charge is 0.311 e. The Morgan fingerprint density at radius 1 is 1.22 bits per heavy atom. The molecule has 1 aromatic heterocycles. The lowest BCUT2D eigenvalue weighted by atomic mass is 10.00. The van der Waals surface area contributed by atoms with Gasteiger partial charge in [0.1, 0.15) is 0 Å². The van der Waals surface area contributed by atoms with Gasteiger partial charge in [-0.2, -0.15) is 0 Å². The second-order valence-corrected chi connectivity index (χ2v) is 5.82. The summed E-state index contributed by atoms with van der Waals surface area (Å²) in [4.78, 5) is 4.57. The molecule has 18 heavy (non-hydrogen) atoms. The van der Waals surface area contributed by atoms with Gasteiger partial charge in [-0.15, -0.1) is 11.3 Å². The highest BCUT2D eigenvalue weighted by Crippen LogP contribution is 2.21. The molecular formula is C15H20N2S. The summed E-state index contributed by atoms with van der Waals surface area (Å²) in [5, 5.41) is 6.64. The third-order valence-corrected chi connectivity index (χ3v) is 4.15. The van der Waals surface area contributed by atoms with Gasteiger partial charge in [-0.3, -0.25) is 0 Å². The van der Waals surface area contributed by atoms with Crippen LogP contribution in [0.3, 0.4) is 0 Å². The van der Waals surface area contributed by atoms with E-state index < -0.39 is 0 Å². The maximum atomic E-state index is 4.57. The molecule has 96 valence electrons. The molecule has 0 saturated heterocycles. The highest BCUT2D eigenvalue weighted by molar-refractivity contribution is 7.09. The lowest BCUT2D eigenvalue weighted by molar-refractivity contribution is 0.578. The molecule has 1 N–H and O–H groups in total. The summed E-state index contributed by atoms with van der Waals surface area (Å²) in [5.41, 5.74) is 5.22. The summed E-state index contributed by atoms with van der Waals surface area (Å²) in [6.45, 7) is 6.37. The first-order valence-corrected chi connectivity index (χ1v) is 7.13. The predicted molar refractivity (Wildman–Crippen MR) is 78.3 cm³/mol. The molecule has 1 heterocycles. The molecular weight excluding hydrogens is 240 g/mol. The van der Waals surface area contributed by atoms with Crippen molar-refractivity contribution < 1.29 is 0 Å². The fourth-order valence-corrected chi connectivity index (χ4v) is 2.73. The third-order valence-electron chi connectivity index (χ3n) is 3.35. The number of hydrogen-bond acceptors (Lipinski definition) is 3. The Labute approximate surface area is 113 Å². The second kappa shape index (κ2) is 5.63. The molecule has 0 spiro atoms. The van der Waals surface area contributed by atoms with Crippen LogP contribution in [-0.2, 0) is 6.42 Å². The van der Waals surface area contributed by atoms with Crippen LogP contribution in [0.25, 0.3) is 0 Å². The summed E-state index contributed by atoms with van der Waals surface area (Å²) in [6.07, 6.45) is 0.987. The minimum Gasteiger partial charge on any atom is -0.311 e. The summed E-state index contributed by atoms with van der Waals surface area (Å²) in [6, 6.07) is 6.99. The molecule has 0 radical (unpaired) electrons. The van der Waals surface area contributed by atoms with Gasteiger partial charge in [0.15, 0.2) is 0 Å². The molecule has 0 saturated carbocycles. The SMILES string of the molecule is CNC(Cc1ccc(C)c(C)c1)c1csc(C)n1. The van der Waals surface area contributed by atoms with Crippen LogP contribution in [-0.4, -0.2) is 12.0 Å². The molecule has 1 aromatic carbocycles. The number of thiazole rings is 1. The Hall–Kier alpha value is -1.19. The van der Waals surface area contributed by atoms with Gasteiger partial charge in [0, 0.05) is 5.38 Å². The number of aryl methyl sites for hydroxylation is 3. The summed E-state index contributed by atoms with van der Waals surface area (Å²) >= 11 is 1.71. The first-order chi connectivity index (χ1) is 8.60. The van der Waals surface area contributed by atoms with Gasteiger partial charge < -0.3 is 5.32 Å². The zero-order valence-corrected chi connectivity index (χ0v) is 12.3. The van der Waals surface area contributed by atoms with E-state index in [1.54, 1.807) is 11.3 Å². The van der Waals surface area contributed by atoms with E-state index in [0.717, 1.165) is 17.1 Å². The minimum absolute atomic E-state index is 0.303. The Morgan fingerprint density at radius 2 is 2.00 bits per heavy atom. The van der Waals surface area contributed by atoms with E-state index in [0.29, 0.717) is 6.04 Å². The monoisotopic (exact) mass is 260 g/mol. The fourth-order valence-electron chi connectivity index (χ4n) is 2.06. The first kappa shape index (κ1) is 13.2. The van der Waals surface area contributed by atoms with Gasteiger partial charge in [-0.25, -0.2) is 4.98 Å². The highest BCUT2D eigenvalue weighted by Gasteiger charge is 2.13. The van der Waals surface area contributed by atoms with Crippen molar-refractivity contribution in [2.24, 2.45) is 0 Å². The normalized spacial score (nSPS) is 12.7. The van der Waals surface area contributed by atoms with Crippen LogP contribution in [0.5, 0.6) is 0 Å². The Balaban J connectivity index is 2.17. The van der Waals surface area contributed by atoms with Crippen LogP contribution in [0.15, 0.2) is 23.6 Å². The standard InChI is InChI=1S/C15H20N2S/c1-10-5-6-13(7-11(10)2)8-14(16-4)15-9-18-12(3)17-15/h5-7,9,14,16H,8H2,1-4H3. The van der Waals surface area contributed by atoms with Crippen molar-refractivity contribution in [1.82, 2.24) is 10.3 Å². The first-order valence-electron chi connectivity index (χ1n) is 6.25. The smallest absolute Gasteiger partial charge is 0.0898 e. The van der Waals surface area contributed by atoms with Crippen LogP contribution in [0.2, 0.25) is 0 Å². The second-order valence-electron chi connectivity index (χ2n) is 4.76. The molecule has 0 aliphatic rings. The van der Waals surface area contributed by atoms with Gasteiger partial charge in [0.2, 0.25) is 0 Å². The quantitative estimate of drug-likeness (QED) is 0.909. The molecule has 2 rings (SSSR count). The van der Waals surface area contributed by atoms with E-state index in [4.69, 9.17) is 0 Å². The topological polar surface area (TPSA) is 24.9 Å². The average Bonchev–Trinajstić information content (AvgIpc) is 2.77. The van der Waals surface area contributed by atoms with Crippen molar-refractivity contribution in [3.8, 4) is 0 Å². The molecule has 1 unspecified atom stereocenters. The lowest BCUT2D eigenvalue weighted by Gasteiger charge is -2.14. The van der Waals surface area contributed by atoms with Crippen molar-refractivity contribution in [2.45, 2.75) is 33.2 Å². The van der Waals surface area contributed by atoms with E-state index in [1.165, 1.54) is 16.7 Å². The van der Waals surface area contributed by atoms with E-state index >= 15 is 0 Å². The molecule has 0 fully saturated rings. The molecule has 2 aromatic rings. The number of likely N-dealkylation sites (N-methyl/N-ethyl adjacent to an activating group) is 1. The maximum absolute atomic E-state index is 4.57. The van der Waals surface area contributed by atoms with Gasteiger partial charge >= 0.3 is 0 Å². The zero-order valence-electron chi connectivity index (χ0n) is 11.4. The Kier molecular flexibility index (Phi) is 4.15. The number of nitrogens with one attached hydrogen (secondary N) is 1. The van der Waals surface area contributed by atoms with E-state index in [2.05, 4.69) is 54.7 Å².